The average molecular weight is 318 g/mol. The molecule has 0 aliphatic carbocycles. The molecule has 0 unspecified atom stereocenters. The minimum Gasteiger partial charge on any atom is -0.376 e. The fourth-order valence-electron chi connectivity index (χ4n) is 1.89. The molecular formula is C16H13ClFN3O. The highest BCUT2D eigenvalue weighted by Gasteiger charge is 2.06. The Morgan fingerprint density at radius 3 is 2.73 bits per heavy atom. The molecule has 2 aromatic carbocycles. The number of carbonyl (C=O) groups is 1. The second-order valence-corrected chi connectivity index (χ2v) is 5.07. The number of nitrogens with zero attached hydrogens (tertiary/aromatic N) is 1. The fraction of sp³-hybridized carbons (Fsp3) is 0.125. The molecule has 2 N–H and O–H groups in total. The molecule has 0 atom stereocenters. The van der Waals surface area contributed by atoms with E-state index >= 15 is 0 Å². The number of nitriles is 1. The first kappa shape index (κ1) is 15.8. The Labute approximate surface area is 132 Å². The standard InChI is InChI=1S/C16H13ClFN3O/c1-10-6-12(18)3-5-15(10)20-9-16(22)21-13-4-2-11(8-19)14(17)7-13/h2-7,20H,9H2,1H3,(H,21,22). The zero-order chi connectivity index (χ0) is 16.1. The molecule has 0 spiro atoms. The molecule has 2 rings (SSSR count). The van der Waals surface area contributed by atoms with E-state index in [-0.39, 0.29) is 23.3 Å². The summed E-state index contributed by atoms with van der Waals surface area (Å²) in [6, 6.07) is 10.9. The zero-order valence-corrected chi connectivity index (χ0v) is 12.5. The van der Waals surface area contributed by atoms with Gasteiger partial charge in [0.05, 0.1) is 17.1 Å². The van der Waals surface area contributed by atoms with E-state index in [1.54, 1.807) is 19.1 Å². The maximum absolute atomic E-state index is 13.0. The van der Waals surface area contributed by atoms with Crippen LogP contribution in [0.4, 0.5) is 15.8 Å². The maximum Gasteiger partial charge on any atom is 0.243 e. The monoisotopic (exact) mass is 317 g/mol. The number of nitrogens with one attached hydrogen (secondary N) is 2. The second-order valence-electron chi connectivity index (χ2n) is 4.67. The van der Waals surface area contributed by atoms with Crippen LogP contribution in [0.5, 0.6) is 0 Å². The Kier molecular flexibility index (Phi) is 4.97. The van der Waals surface area contributed by atoms with Crippen molar-refractivity contribution in [2.24, 2.45) is 0 Å². The number of anilines is 2. The number of hydrogen-bond acceptors (Lipinski definition) is 3. The number of aryl methyl sites for hydroxylation is 1. The topological polar surface area (TPSA) is 64.9 Å². The molecule has 22 heavy (non-hydrogen) atoms. The van der Waals surface area contributed by atoms with Crippen molar-refractivity contribution in [2.45, 2.75) is 6.92 Å². The first-order valence-corrected chi connectivity index (χ1v) is 6.87. The molecule has 0 aromatic heterocycles. The van der Waals surface area contributed by atoms with E-state index in [1.165, 1.54) is 24.3 Å². The molecule has 112 valence electrons. The number of halogens is 2. The SMILES string of the molecule is Cc1cc(F)ccc1NCC(=O)Nc1ccc(C#N)c(Cl)c1. The van der Waals surface area contributed by atoms with Crippen LogP contribution in [0.25, 0.3) is 0 Å². The summed E-state index contributed by atoms with van der Waals surface area (Å²) in [6.07, 6.45) is 0. The summed E-state index contributed by atoms with van der Waals surface area (Å²) in [5, 5.41) is 14.7. The minimum atomic E-state index is -0.320. The van der Waals surface area contributed by atoms with Crippen molar-refractivity contribution in [3.05, 3.63) is 58.4 Å². The molecule has 0 fully saturated rings. The average Bonchev–Trinajstić information content (AvgIpc) is 2.46. The molecule has 6 heteroatoms. The quantitative estimate of drug-likeness (QED) is 0.903. The smallest absolute Gasteiger partial charge is 0.243 e. The lowest BCUT2D eigenvalue weighted by atomic mass is 10.2. The third-order valence-corrected chi connectivity index (χ3v) is 3.31. The van der Waals surface area contributed by atoms with E-state index in [4.69, 9.17) is 16.9 Å². The zero-order valence-electron chi connectivity index (χ0n) is 11.8. The maximum atomic E-state index is 13.0. The first-order valence-electron chi connectivity index (χ1n) is 6.49. The number of benzene rings is 2. The van der Waals surface area contributed by atoms with E-state index in [2.05, 4.69) is 10.6 Å². The van der Waals surface area contributed by atoms with Gasteiger partial charge in [-0.15, -0.1) is 0 Å². The van der Waals surface area contributed by atoms with Gasteiger partial charge in [-0.05, 0) is 48.9 Å². The van der Waals surface area contributed by atoms with Crippen LogP contribution in [0.1, 0.15) is 11.1 Å². The van der Waals surface area contributed by atoms with Crippen LogP contribution in [-0.2, 0) is 4.79 Å². The van der Waals surface area contributed by atoms with E-state index in [9.17, 15) is 9.18 Å². The highest BCUT2D eigenvalue weighted by atomic mass is 35.5. The molecule has 0 aliphatic rings. The van der Waals surface area contributed by atoms with Gasteiger partial charge in [0, 0.05) is 11.4 Å². The highest BCUT2D eigenvalue weighted by molar-refractivity contribution is 6.32. The van der Waals surface area contributed by atoms with Gasteiger partial charge in [-0.25, -0.2) is 4.39 Å². The van der Waals surface area contributed by atoms with Gasteiger partial charge in [0.2, 0.25) is 5.91 Å². The first-order chi connectivity index (χ1) is 10.5. The summed E-state index contributed by atoms with van der Waals surface area (Å²) < 4.78 is 13.0. The Balaban J connectivity index is 1.96. The van der Waals surface area contributed by atoms with Crippen LogP contribution in [0.2, 0.25) is 5.02 Å². The van der Waals surface area contributed by atoms with Gasteiger partial charge in [-0.2, -0.15) is 5.26 Å². The number of hydrogen-bond donors (Lipinski definition) is 2. The molecule has 2 aromatic rings. The Hall–Kier alpha value is -2.58. The molecule has 0 heterocycles. The summed E-state index contributed by atoms with van der Waals surface area (Å²) in [4.78, 5) is 11.9. The molecule has 0 bridgehead atoms. The molecular weight excluding hydrogens is 305 g/mol. The predicted octanol–water partition coefficient (Wildman–Crippen LogP) is 3.71. The minimum absolute atomic E-state index is 0.0318. The third kappa shape index (κ3) is 3.96. The van der Waals surface area contributed by atoms with Crippen molar-refractivity contribution in [3.63, 3.8) is 0 Å². The second kappa shape index (κ2) is 6.92. The summed E-state index contributed by atoms with van der Waals surface area (Å²) >= 11 is 5.90. The van der Waals surface area contributed by atoms with Crippen LogP contribution in [-0.4, -0.2) is 12.5 Å². The molecule has 4 nitrogen and oxygen atoms in total. The summed E-state index contributed by atoms with van der Waals surface area (Å²) in [7, 11) is 0. The summed E-state index contributed by atoms with van der Waals surface area (Å²) in [6.45, 7) is 1.79. The molecule has 0 saturated heterocycles. The van der Waals surface area contributed by atoms with Crippen molar-refractivity contribution in [1.29, 1.82) is 5.26 Å². The van der Waals surface area contributed by atoms with Crippen LogP contribution >= 0.6 is 11.6 Å². The van der Waals surface area contributed by atoms with E-state index < -0.39 is 0 Å². The Morgan fingerprint density at radius 1 is 1.32 bits per heavy atom. The van der Waals surface area contributed by atoms with Gasteiger partial charge in [-0.1, -0.05) is 11.6 Å². The van der Waals surface area contributed by atoms with Crippen LogP contribution in [0.3, 0.4) is 0 Å². The van der Waals surface area contributed by atoms with Crippen molar-refractivity contribution in [3.8, 4) is 6.07 Å². The van der Waals surface area contributed by atoms with Crippen molar-refractivity contribution < 1.29 is 9.18 Å². The number of rotatable bonds is 4. The summed E-state index contributed by atoms with van der Waals surface area (Å²) in [5.74, 6) is -0.593. The van der Waals surface area contributed by atoms with Gasteiger partial charge in [0.1, 0.15) is 11.9 Å². The van der Waals surface area contributed by atoms with Crippen LogP contribution in [0.15, 0.2) is 36.4 Å². The molecule has 0 aliphatic heterocycles. The van der Waals surface area contributed by atoms with E-state index in [1.807, 2.05) is 6.07 Å². The Morgan fingerprint density at radius 2 is 2.09 bits per heavy atom. The largest absolute Gasteiger partial charge is 0.376 e. The lowest BCUT2D eigenvalue weighted by Gasteiger charge is -2.10. The highest BCUT2D eigenvalue weighted by Crippen LogP contribution is 2.20. The van der Waals surface area contributed by atoms with E-state index in [0.717, 1.165) is 0 Å². The third-order valence-electron chi connectivity index (χ3n) is 3.00. The fourth-order valence-corrected chi connectivity index (χ4v) is 2.11. The van der Waals surface area contributed by atoms with Gasteiger partial charge in [0.25, 0.3) is 0 Å². The van der Waals surface area contributed by atoms with E-state index in [0.29, 0.717) is 22.5 Å². The van der Waals surface area contributed by atoms with Gasteiger partial charge in [0.15, 0.2) is 0 Å². The Bertz CT molecular complexity index is 756. The lowest BCUT2D eigenvalue weighted by Crippen LogP contribution is -2.22. The molecule has 0 radical (unpaired) electrons. The normalized spacial score (nSPS) is 9.91. The summed E-state index contributed by atoms with van der Waals surface area (Å²) in [5.41, 5.74) is 2.26. The van der Waals surface area contributed by atoms with Crippen molar-refractivity contribution in [1.82, 2.24) is 0 Å². The van der Waals surface area contributed by atoms with Gasteiger partial charge in [-0.3, -0.25) is 4.79 Å². The lowest BCUT2D eigenvalue weighted by molar-refractivity contribution is -0.114. The molecule has 0 saturated carbocycles. The molecule has 1 amide bonds. The van der Waals surface area contributed by atoms with Crippen molar-refractivity contribution in [2.75, 3.05) is 17.2 Å². The van der Waals surface area contributed by atoms with Gasteiger partial charge < -0.3 is 10.6 Å². The van der Waals surface area contributed by atoms with Crippen LogP contribution in [0, 0.1) is 24.1 Å². The van der Waals surface area contributed by atoms with Crippen molar-refractivity contribution >= 4 is 28.9 Å². The number of amides is 1. The van der Waals surface area contributed by atoms with Crippen LogP contribution < -0.4 is 10.6 Å². The van der Waals surface area contributed by atoms with Gasteiger partial charge >= 0.3 is 0 Å². The predicted molar refractivity (Wildman–Crippen MR) is 84.4 cm³/mol. The number of carbonyl (C=O) groups excluding carboxylic acids is 1.